The molecule has 0 aliphatic rings. The minimum Gasteiger partial charge on any atom is -0.493 e. The molecule has 2 aromatic heterocycles. The molecular weight excluding hydrogens is 590 g/mol. The van der Waals surface area contributed by atoms with Crippen molar-refractivity contribution in [2.45, 2.75) is 40.7 Å². The summed E-state index contributed by atoms with van der Waals surface area (Å²) in [7, 11) is 3.01. The first-order chi connectivity index (χ1) is 20.9. The molecule has 2 amide bonds. The maximum Gasteiger partial charge on any atom is 0.337 e. The third-order valence-corrected chi connectivity index (χ3v) is 6.96. The van der Waals surface area contributed by atoms with Crippen molar-refractivity contribution in [1.29, 1.82) is 0 Å². The highest BCUT2D eigenvalue weighted by atomic mass is 35.5. The molecule has 4 aromatic rings. The molecule has 0 saturated heterocycles. The van der Waals surface area contributed by atoms with Crippen molar-refractivity contribution in [1.82, 2.24) is 9.97 Å². The highest BCUT2D eigenvalue weighted by molar-refractivity contribution is 6.31. The predicted molar refractivity (Wildman–Crippen MR) is 167 cm³/mol. The average Bonchev–Trinajstić information content (AvgIpc) is 3.41. The number of furan rings is 1. The summed E-state index contributed by atoms with van der Waals surface area (Å²) in [6, 6.07) is 8.08. The van der Waals surface area contributed by atoms with Gasteiger partial charge in [-0.05, 0) is 35.9 Å². The molecule has 0 aliphatic heterocycles. The second-order valence-electron chi connectivity index (χ2n) is 10.6. The first kappa shape index (κ1) is 32.1. The third-order valence-electron chi connectivity index (χ3n) is 6.72. The Morgan fingerprint density at radius 3 is 2.32 bits per heavy atom. The minimum atomic E-state index is -1.10. The number of nitrogens with one attached hydrogen (secondary N) is 3. The van der Waals surface area contributed by atoms with Gasteiger partial charge >= 0.3 is 5.97 Å². The number of halogens is 1. The molecule has 4 N–H and O–H groups in total. The Labute approximate surface area is 259 Å². The fourth-order valence-electron chi connectivity index (χ4n) is 4.30. The van der Waals surface area contributed by atoms with Crippen LogP contribution in [0.15, 0.2) is 40.9 Å². The fraction of sp³-hybridized carbons (Fsp3) is 0.323. The van der Waals surface area contributed by atoms with Gasteiger partial charge in [0.05, 0.1) is 32.0 Å². The Morgan fingerprint density at radius 1 is 0.977 bits per heavy atom. The van der Waals surface area contributed by atoms with Gasteiger partial charge in [0, 0.05) is 40.4 Å². The second kappa shape index (κ2) is 13.6. The van der Waals surface area contributed by atoms with Crippen LogP contribution in [0.25, 0.3) is 11.0 Å². The van der Waals surface area contributed by atoms with E-state index in [0.717, 1.165) is 5.56 Å². The van der Waals surface area contributed by atoms with E-state index in [1.165, 1.54) is 32.4 Å². The van der Waals surface area contributed by atoms with Gasteiger partial charge in [-0.25, -0.2) is 9.78 Å². The molecule has 0 saturated carbocycles. The number of carbonyl (C=O) groups is 3. The maximum absolute atomic E-state index is 12.7. The lowest BCUT2D eigenvalue weighted by Crippen LogP contribution is -2.22. The van der Waals surface area contributed by atoms with Crippen LogP contribution in [0.2, 0.25) is 5.02 Å². The number of anilines is 3. The maximum atomic E-state index is 12.7. The van der Waals surface area contributed by atoms with Crippen molar-refractivity contribution in [3.63, 3.8) is 0 Å². The standard InChI is InChI=1S/C31H34ClN5O7/c1-15(2)28(38)35-27-18(13-34-31(36-27)37-29(39)16(3)4)9-17-10-24(42-5)26(43-6)25-22(17)12-20(44-25)14-33-23-11-19(32)7-8-21(23)30(40)41/h7-8,10-13,15-16,33H,9,14H2,1-6H3,(H,40,41)(H2,34,35,36,37,38,39). The molecule has 0 bridgehead atoms. The van der Waals surface area contributed by atoms with Crippen LogP contribution in [-0.4, -0.2) is 47.1 Å². The van der Waals surface area contributed by atoms with Gasteiger partial charge in [-0.1, -0.05) is 39.3 Å². The summed E-state index contributed by atoms with van der Waals surface area (Å²) in [6.07, 6.45) is 1.81. The summed E-state index contributed by atoms with van der Waals surface area (Å²) in [5, 5.41) is 19.2. The van der Waals surface area contributed by atoms with Crippen LogP contribution < -0.4 is 25.4 Å². The summed E-state index contributed by atoms with van der Waals surface area (Å²) in [5.74, 6) is -0.592. The predicted octanol–water partition coefficient (Wildman–Crippen LogP) is 5.98. The van der Waals surface area contributed by atoms with E-state index in [1.807, 2.05) is 6.07 Å². The van der Waals surface area contributed by atoms with Crippen molar-refractivity contribution >= 4 is 57.8 Å². The van der Waals surface area contributed by atoms with Gasteiger partial charge < -0.3 is 29.6 Å². The van der Waals surface area contributed by atoms with Crippen LogP contribution in [0.3, 0.4) is 0 Å². The fourth-order valence-corrected chi connectivity index (χ4v) is 4.47. The van der Waals surface area contributed by atoms with Gasteiger partial charge in [-0.3, -0.25) is 14.9 Å². The zero-order valence-corrected chi connectivity index (χ0v) is 26.0. The molecule has 44 heavy (non-hydrogen) atoms. The Morgan fingerprint density at radius 2 is 1.68 bits per heavy atom. The number of hydrogen-bond donors (Lipinski definition) is 4. The SMILES string of the molecule is COc1cc(Cc2cnc(NC(=O)C(C)C)nc2NC(=O)C(C)C)c2cc(CNc3cc(Cl)ccc3C(=O)O)oc2c1OC. The number of benzene rings is 2. The summed E-state index contributed by atoms with van der Waals surface area (Å²) in [6.45, 7) is 7.17. The molecule has 0 radical (unpaired) electrons. The molecule has 12 nitrogen and oxygen atoms in total. The number of aromatic nitrogens is 2. The van der Waals surface area contributed by atoms with Crippen molar-refractivity contribution in [2.75, 3.05) is 30.2 Å². The smallest absolute Gasteiger partial charge is 0.337 e. The van der Waals surface area contributed by atoms with Gasteiger partial charge in [0.1, 0.15) is 11.6 Å². The molecule has 0 spiro atoms. The van der Waals surface area contributed by atoms with E-state index in [4.69, 9.17) is 25.5 Å². The topological polar surface area (TPSA) is 165 Å². The van der Waals surface area contributed by atoms with Gasteiger partial charge in [0.25, 0.3) is 0 Å². The van der Waals surface area contributed by atoms with Crippen LogP contribution in [0.5, 0.6) is 11.5 Å². The summed E-state index contributed by atoms with van der Waals surface area (Å²) in [5.41, 5.74) is 2.15. The number of methoxy groups -OCH3 is 2. The van der Waals surface area contributed by atoms with Crippen LogP contribution in [-0.2, 0) is 22.6 Å². The van der Waals surface area contributed by atoms with Gasteiger partial charge in [0.15, 0.2) is 11.3 Å². The second-order valence-corrected chi connectivity index (χ2v) is 11.0. The van der Waals surface area contributed by atoms with Crippen LogP contribution in [0.4, 0.5) is 17.5 Å². The minimum absolute atomic E-state index is 0.0643. The number of hydrogen-bond acceptors (Lipinski definition) is 9. The van der Waals surface area contributed by atoms with Crippen LogP contribution in [0, 0.1) is 11.8 Å². The number of carbonyl (C=O) groups excluding carboxylic acids is 2. The van der Waals surface area contributed by atoms with Gasteiger partial charge in [-0.2, -0.15) is 4.98 Å². The molecular formula is C31H34ClN5O7. The Bertz CT molecular complexity index is 1720. The molecule has 0 fully saturated rings. The average molecular weight is 624 g/mol. The Balaban J connectivity index is 1.75. The molecule has 4 rings (SSSR count). The third kappa shape index (κ3) is 7.20. The molecule has 13 heteroatoms. The number of ether oxygens (including phenoxy) is 2. The lowest BCUT2D eigenvalue weighted by molar-refractivity contribution is -0.119. The molecule has 0 aliphatic carbocycles. The Kier molecular flexibility index (Phi) is 9.94. The molecule has 0 unspecified atom stereocenters. The number of nitrogens with zero attached hydrogens (tertiary/aromatic N) is 2. The lowest BCUT2D eigenvalue weighted by atomic mass is 10.0. The number of amides is 2. The van der Waals surface area contributed by atoms with Crippen LogP contribution >= 0.6 is 11.6 Å². The highest BCUT2D eigenvalue weighted by Gasteiger charge is 2.22. The van der Waals surface area contributed by atoms with Gasteiger partial charge in [-0.15, -0.1) is 0 Å². The van der Waals surface area contributed by atoms with Crippen molar-refractivity contribution < 1.29 is 33.4 Å². The van der Waals surface area contributed by atoms with Crippen molar-refractivity contribution in [2.24, 2.45) is 11.8 Å². The monoisotopic (exact) mass is 623 g/mol. The zero-order chi connectivity index (χ0) is 32.1. The van der Waals surface area contributed by atoms with E-state index in [9.17, 15) is 19.5 Å². The number of aromatic carboxylic acids is 1. The lowest BCUT2D eigenvalue weighted by Gasteiger charge is -2.15. The zero-order valence-electron chi connectivity index (χ0n) is 25.2. The van der Waals surface area contributed by atoms with E-state index in [-0.39, 0.29) is 53.9 Å². The van der Waals surface area contributed by atoms with E-state index in [1.54, 1.807) is 40.0 Å². The normalized spacial score (nSPS) is 11.1. The highest BCUT2D eigenvalue weighted by Crippen LogP contribution is 2.41. The molecule has 2 aromatic carbocycles. The van der Waals surface area contributed by atoms with E-state index in [2.05, 4.69) is 25.9 Å². The number of rotatable bonds is 12. The molecule has 0 atom stereocenters. The van der Waals surface area contributed by atoms with E-state index >= 15 is 0 Å². The number of carboxylic acids is 1. The number of carboxylic acid groups (broad SMARTS) is 1. The first-order valence-electron chi connectivity index (χ1n) is 13.8. The largest absolute Gasteiger partial charge is 0.493 e. The Hall–Kier alpha value is -4.84. The summed E-state index contributed by atoms with van der Waals surface area (Å²) >= 11 is 6.10. The van der Waals surface area contributed by atoms with E-state index < -0.39 is 5.97 Å². The van der Waals surface area contributed by atoms with Crippen molar-refractivity contribution in [3.05, 3.63) is 64.0 Å². The van der Waals surface area contributed by atoms with Crippen LogP contribution in [0.1, 0.15) is 54.9 Å². The van der Waals surface area contributed by atoms with E-state index in [0.29, 0.717) is 44.5 Å². The van der Waals surface area contributed by atoms with Crippen molar-refractivity contribution in [3.8, 4) is 11.5 Å². The first-order valence-corrected chi connectivity index (χ1v) is 14.2. The number of fused-ring (bicyclic) bond motifs is 1. The van der Waals surface area contributed by atoms with Gasteiger partial charge in [0.2, 0.25) is 23.5 Å². The quantitative estimate of drug-likeness (QED) is 0.147. The molecule has 2 heterocycles. The summed E-state index contributed by atoms with van der Waals surface area (Å²) in [4.78, 5) is 45.4. The molecule has 232 valence electrons. The summed E-state index contributed by atoms with van der Waals surface area (Å²) < 4.78 is 17.4.